The molecule has 2 radical (unpaired) electrons. The number of hydrogen-bond donors (Lipinski definition) is 0. The zero-order chi connectivity index (χ0) is 17.0. The fourth-order valence-electron chi connectivity index (χ4n) is 3.50. The van der Waals surface area contributed by atoms with Crippen LogP contribution < -0.4 is 33.6 Å². The second-order valence-corrected chi connectivity index (χ2v) is 9.42. The highest BCUT2D eigenvalue weighted by atomic mass is 35.5. The quantitative estimate of drug-likeness (QED) is 0.354. The first kappa shape index (κ1) is 21.7. The van der Waals surface area contributed by atoms with Crippen molar-refractivity contribution in [2.45, 2.75) is 0 Å². The van der Waals surface area contributed by atoms with Gasteiger partial charge in [-0.15, -0.1) is 0 Å². The monoisotopic (exact) mass is 398 g/mol. The summed E-state index contributed by atoms with van der Waals surface area (Å²) in [5.74, 6) is 0. The third-order valence-corrected chi connectivity index (χ3v) is 8.86. The summed E-state index contributed by atoms with van der Waals surface area (Å²) in [7, 11) is -1.91. The average molecular weight is 399 g/mol. The van der Waals surface area contributed by atoms with Gasteiger partial charge in [-0.2, -0.15) is 0 Å². The van der Waals surface area contributed by atoms with Gasteiger partial charge in [0.15, 0.2) is 0 Å². The van der Waals surface area contributed by atoms with Crippen molar-refractivity contribution in [3.63, 3.8) is 0 Å². The van der Waals surface area contributed by atoms with Crippen LogP contribution in [0.5, 0.6) is 0 Å². The predicted octanol–water partition coefficient (Wildman–Crippen LogP) is 0.929. The number of hydrogen-bond acceptors (Lipinski definition) is 0. The molecule has 0 saturated heterocycles. The molecule has 0 aliphatic heterocycles. The van der Waals surface area contributed by atoms with Crippen molar-refractivity contribution in [1.29, 1.82) is 0 Å². The second-order valence-electron chi connectivity index (χ2n) is 6.01. The maximum atomic E-state index is 2.28. The van der Waals surface area contributed by atoms with E-state index < -0.39 is 7.26 Å². The highest BCUT2D eigenvalue weighted by Gasteiger charge is 2.47. The van der Waals surface area contributed by atoms with Crippen molar-refractivity contribution < 1.29 is 12.4 Å². The summed E-state index contributed by atoms with van der Waals surface area (Å²) in [4.78, 5) is 0. The molecule has 0 bridgehead atoms. The molecule has 0 N–H and O–H groups in total. The predicted molar refractivity (Wildman–Crippen MR) is 117 cm³/mol. The van der Waals surface area contributed by atoms with Gasteiger partial charge in [0, 0.05) is 23.1 Å². The van der Waals surface area contributed by atoms with Gasteiger partial charge in [0.25, 0.3) is 0 Å². The first-order chi connectivity index (χ1) is 12.4. The molecule has 0 aliphatic rings. The van der Waals surface area contributed by atoms with E-state index in [-0.39, 0.29) is 35.5 Å². The van der Waals surface area contributed by atoms with Crippen LogP contribution in [-0.4, -0.2) is 23.1 Å². The van der Waals surface area contributed by atoms with Gasteiger partial charge in [0.2, 0.25) is 0 Å². The van der Waals surface area contributed by atoms with Gasteiger partial charge in [-0.1, -0.05) is 72.8 Å². The Labute approximate surface area is 184 Å². The van der Waals surface area contributed by atoms with Crippen molar-refractivity contribution in [2.24, 2.45) is 0 Å². The number of halogens is 1. The molecule has 0 aliphatic carbocycles. The molecule has 0 amide bonds. The van der Waals surface area contributed by atoms with E-state index in [0.29, 0.717) is 0 Å². The molecule has 130 valence electrons. The molecule has 0 saturated carbocycles. The standard InChI is InChI=1S/C24H20P.ClH.Mg/c1-5-13-21(14-6-1)25(22-15-7-2-8-16-22,23-17-9-3-10-18-23)24-19-11-4-12-20-24;;/h1-20H;1H;/q+1;;/p-1. The minimum absolute atomic E-state index is 0. The van der Waals surface area contributed by atoms with Crippen LogP contribution in [-0.2, 0) is 0 Å². The lowest BCUT2D eigenvalue weighted by atomic mass is 10.3. The normalized spacial score (nSPS) is 10.4. The van der Waals surface area contributed by atoms with E-state index in [9.17, 15) is 0 Å². The molecule has 4 aromatic rings. The average Bonchev–Trinajstić information content (AvgIpc) is 2.72. The van der Waals surface area contributed by atoms with Crippen LogP contribution in [0.15, 0.2) is 121 Å². The highest BCUT2D eigenvalue weighted by molar-refractivity contribution is 8.01. The molecule has 0 unspecified atom stereocenters. The highest BCUT2D eigenvalue weighted by Crippen LogP contribution is 2.53. The number of benzene rings is 4. The molecule has 0 spiro atoms. The van der Waals surface area contributed by atoms with Crippen molar-refractivity contribution in [2.75, 3.05) is 0 Å². The van der Waals surface area contributed by atoms with Crippen LogP contribution in [0.1, 0.15) is 0 Å². The van der Waals surface area contributed by atoms with Gasteiger partial charge in [-0.25, -0.2) is 0 Å². The molecular weight excluding hydrogens is 379 g/mol. The zero-order valence-electron chi connectivity index (χ0n) is 15.1. The lowest BCUT2D eigenvalue weighted by Gasteiger charge is -2.27. The Morgan fingerprint density at radius 2 is 0.519 bits per heavy atom. The lowest BCUT2D eigenvalue weighted by molar-refractivity contribution is -0.00000490. The molecule has 3 heteroatoms. The fourth-order valence-corrected chi connectivity index (χ4v) is 7.77. The van der Waals surface area contributed by atoms with Gasteiger partial charge in [-0.3, -0.25) is 0 Å². The summed E-state index contributed by atoms with van der Waals surface area (Å²) in [5.41, 5.74) is 0. The second kappa shape index (κ2) is 10.1. The molecule has 0 heterocycles. The van der Waals surface area contributed by atoms with E-state index >= 15 is 0 Å². The van der Waals surface area contributed by atoms with Crippen LogP contribution in [0.25, 0.3) is 0 Å². The van der Waals surface area contributed by atoms with Crippen molar-refractivity contribution in [3.8, 4) is 0 Å². The van der Waals surface area contributed by atoms with Crippen LogP contribution in [0.3, 0.4) is 0 Å². The molecule has 27 heavy (non-hydrogen) atoms. The Balaban J connectivity index is 0.00000131. The maximum absolute atomic E-state index is 2.28. The van der Waals surface area contributed by atoms with E-state index in [1.165, 1.54) is 21.2 Å². The number of rotatable bonds is 4. The summed E-state index contributed by atoms with van der Waals surface area (Å²) >= 11 is 0. The molecule has 4 aromatic carbocycles. The minimum Gasteiger partial charge on any atom is -1.00 e. The van der Waals surface area contributed by atoms with Crippen molar-refractivity contribution >= 4 is 51.5 Å². The SMILES string of the molecule is [Cl-].[Mg].c1ccc([P+](c2ccccc2)(c2ccccc2)c2ccccc2)cc1. The maximum Gasteiger partial charge on any atom is 0.144 e. The van der Waals surface area contributed by atoms with Gasteiger partial charge < -0.3 is 12.4 Å². The Morgan fingerprint density at radius 1 is 0.333 bits per heavy atom. The Kier molecular flexibility index (Phi) is 8.07. The van der Waals surface area contributed by atoms with E-state index in [4.69, 9.17) is 0 Å². The summed E-state index contributed by atoms with van der Waals surface area (Å²) in [6.45, 7) is 0. The van der Waals surface area contributed by atoms with Crippen LogP contribution in [0.2, 0.25) is 0 Å². The van der Waals surface area contributed by atoms with Gasteiger partial charge >= 0.3 is 0 Å². The van der Waals surface area contributed by atoms with Crippen molar-refractivity contribution in [3.05, 3.63) is 121 Å². The molecule has 0 nitrogen and oxygen atoms in total. The topological polar surface area (TPSA) is 0 Å². The molecular formula is C24H20ClMgP. The van der Waals surface area contributed by atoms with E-state index in [2.05, 4.69) is 121 Å². The minimum atomic E-state index is -1.91. The van der Waals surface area contributed by atoms with Crippen LogP contribution >= 0.6 is 7.26 Å². The first-order valence-electron chi connectivity index (χ1n) is 8.54. The van der Waals surface area contributed by atoms with Gasteiger partial charge in [-0.05, 0) is 48.5 Å². The fraction of sp³-hybridized carbons (Fsp3) is 0. The Morgan fingerprint density at radius 3 is 0.704 bits per heavy atom. The van der Waals surface area contributed by atoms with Gasteiger partial charge in [0.05, 0.1) is 0 Å². The Hall–Kier alpha value is -1.63. The van der Waals surface area contributed by atoms with Gasteiger partial charge in [0.1, 0.15) is 28.5 Å². The summed E-state index contributed by atoms with van der Waals surface area (Å²) in [5, 5.41) is 5.55. The summed E-state index contributed by atoms with van der Waals surface area (Å²) in [6, 6.07) is 43.8. The van der Waals surface area contributed by atoms with E-state index in [1.54, 1.807) is 0 Å². The third kappa shape index (κ3) is 4.12. The lowest BCUT2D eigenvalue weighted by Crippen LogP contribution is -3.00. The summed E-state index contributed by atoms with van der Waals surface area (Å²) < 4.78 is 0. The largest absolute Gasteiger partial charge is 1.00 e. The molecule has 0 atom stereocenters. The smallest absolute Gasteiger partial charge is 0.144 e. The summed E-state index contributed by atoms with van der Waals surface area (Å²) in [6.07, 6.45) is 0. The third-order valence-electron chi connectivity index (χ3n) is 4.57. The molecule has 0 fully saturated rings. The van der Waals surface area contributed by atoms with Crippen LogP contribution in [0.4, 0.5) is 0 Å². The van der Waals surface area contributed by atoms with E-state index in [1.807, 2.05) is 0 Å². The molecule has 4 rings (SSSR count). The van der Waals surface area contributed by atoms with Crippen LogP contribution in [0, 0.1) is 0 Å². The zero-order valence-corrected chi connectivity index (χ0v) is 18.1. The van der Waals surface area contributed by atoms with E-state index in [0.717, 1.165) is 0 Å². The van der Waals surface area contributed by atoms with Crippen molar-refractivity contribution in [1.82, 2.24) is 0 Å². The molecule has 0 aromatic heterocycles. The first-order valence-corrected chi connectivity index (χ1v) is 10.3. The Bertz CT molecular complexity index is 765.